The lowest BCUT2D eigenvalue weighted by molar-refractivity contribution is -0.119. The summed E-state index contributed by atoms with van der Waals surface area (Å²) in [6.45, 7) is 3.20. The van der Waals surface area contributed by atoms with Crippen molar-refractivity contribution in [1.29, 1.82) is 0 Å². The molecule has 0 aliphatic heterocycles. The molecule has 8 heteroatoms. The predicted molar refractivity (Wildman–Crippen MR) is 80.9 cm³/mol. The smallest absolute Gasteiger partial charge is 0.243 e. The molecule has 1 aromatic heterocycles. The van der Waals surface area contributed by atoms with E-state index in [0.29, 0.717) is 16.6 Å². The van der Waals surface area contributed by atoms with Gasteiger partial charge in [-0.1, -0.05) is 0 Å². The maximum atomic E-state index is 12.5. The third kappa shape index (κ3) is 3.34. The van der Waals surface area contributed by atoms with Crippen molar-refractivity contribution in [2.75, 3.05) is 5.73 Å². The Balaban J connectivity index is 2.40. The Bertz CT molecular complexity index is 793. The number of fused-ring (bicyclic) bond motifs is 1. The SMILES string of the molecule is CC(C)(CC(N)=O)NS(=O)(=O)c1c[nH]c2cc(N)ccc12. The molecule has 2 aromatic rings. The van der Waals surface area contributed by atoms with Crippen molar-refractivity contribution < 1.29 is 13.2 Å². The van der Waals surface area contributed by atoms with E-state index in [-0.39, 0.29) is 11.3 Å². The number of anilines is 1. The van der Waals surface area contributed by atoms with Crippen molar-refractivity contribution in [1.82, 2.24) is 9.71 Å². The summed E-state index contributed by atoms with van der Waals surface area (Å²) in [7, 11) is -3.79. The van der Waals surface area contributed by atoms with E-state index < -0.39 is 21.5 Å². The number of hydrogen-bond donors (Lipinski definition) is 4. The van der Waals surface area contributed by atoms with E-state index >= 15 is 0 Å². The Morgan fingerprint density at radius 3 is 2.67 bits per heavy atom. The Kier molecular flexibility index (Phi) is 3.68. The highest BCUT2D eigenvalue weighted by molar-refractivity contribution is 7.89. The first-order valence-electron chi connectivity index (χ1n) is 6.30. The number of hydrogen-bond acceptors (Lipinski definition) is 4. The topological polar surface area (TPSA) is 131 Å². The van der Waals surface area contributed by atoms with Gasteiger partial charge in [0.2, 0.25) is 15.9 Å². The molecular weight excluding hydrogens is 292 g/mol. The van der Waals surface area contributed by atoms with Gasteiger partial charge < -0.3 is 16.5 Å². The molecule has 114 valence electrons. The summed E-state index contributed by atoms with van der Waals surface area (Å²) in [5.41, 5.74) is 11.0. The van der Waals surface area contributed by atoms with Gasteiger partial charge in [-0.05, 0) is 32.0 Å². The van der Waals surface area contributed by atoms with Crippen molar-refractivity contribution in [2.45, 2.75) is 30.7 Å². The van der Waals surface area contributed by atoms with Gasteiger partial charge in [-0.25, -0.2) is 13.1 Å². The summed E-state index contributed by atoms with van der Waals surface area (Å²) in [5, 5.41) is 0.534. The highest BCUT2D eigenvalue weighted by atomic mass is 32.2. The van der Waals surface area contributed by atoms with Gasteiger partial charge in [-0.3, -0.25) is 4.79 Å². The highest BCUT2D eigenvalue weighted by Gasteiger charge is 2.29. The monoisotopic (exact) mass is 310 g/mol. The van der Waals surface area contributed by atoms with Gasteiger partial charge in [0.1, 0.15) is 4.90 Å². The molecule has 6 N–H and O–H groups in total. The fourth-order valence-electron chi connectivity index (χ4n) is 2.23. The number of aromatic amines is 1. The lowest BCUT2D eigenvalue weighted by Crippen LogP contribution is -2.45. The average molecular weight is 310 g/mol. The first-order valence-corrected chi connectivity index (χ1v) is 7.78. The van der Waals surface area contributed by atoms with Crippen LogP contribution >= 0.6 is 0 Å². The van der Waals surface area contributed by atoms with Crippen molar-refractivity contribution in [2.24, 2.45) is 5.73 Å². The van der Waals surface area contributed by atoms with Crippen LogP contribution in [0.25, 0.3) is 10.9 Å². The number of nitrogens with one attached hydrogen (secondary N) is 2. The van der Waals surface area contributed by atoms with E-state index in [4.69, 9.17) is 11.5 Å². The fourth-order valence-corrected chi connectivity index (χ4v) is 3.82. The Hall–Kier alpha value is -2.06. The second kappa shape index (κ2) is 5.05. The highest BCUT2D eigenvalue weighted by Crippen LogP contribution is 2.25. The maximum absolute atomic E-state index is 12.5. The number of aromatic nitrogens is 1. The van der Waals surface area contributed by atoms with E-state index in [9.17, 15) is 13.2 Å². The number of sulfonamides is 1. The normalized spacial score (nSPS) is 12.7. The number of benzene rings is 1. The summed E-state index contributed by atoms with van der Waals surface area (Å²) in [5.74, 6) is -0.575. The van der Waals surface area contributed by atoms with Gasteiger partial charge in [0, 0.05) is 34.7 Å². The molecule has 0 spiro atoms. The minimum Gasteiger partial charge on any atom is -0.399 e. The van der Waals surface area contributed by atoms with E-state index in [1.54, 1.807) is 32.0 Å². The Labute approximate surface area is 122 Å². The molecule has 0 saturated heterocycles. The number of rotatable bonds is 5. The molecule has 1 heterocycles. The largest absolute Gasteiger partial charge is 0.399 e. The molecule has 0 aliphatic carbocycles. The quantitative estimate of drug-likeness (QED) is 0.605. The molecule has 0 radical (unpaired) electrons. The first-order chi connectivity index (χ1) is 9.61. The van der Waals surface area contributed by atoms with Crippen LogP contribution in [-0.4, -0.2) is 24.8 Å². The molecule has 2 rings (SSSR count). The maximum Gasteiger partial charge on any atom is 0.243 e. The minimum absolute atomic E-state index is 0.0957. The van der Waals surface area contributed by atoms with Crippen LogP contribution < -0.4 is 16.2 Å². The fraction of sp³-hybridized carbons (Fsp3) is 0.308. The number of carbonyl (C=O) groups is 1. The van der Waals surface area contributed by atoms with Crippen molar-refractivity contribution >= 4 is 32.5 Å². The molecule has 0 atom stereocenters. The molecular formula is C13H18N4O3S. The molecule has 21 heavy (non-hydrogen) atoms. The van der Waals surface area contributed by atoms with Crippen molar-refractivity contribution in [3.05, 3.63) is 24.4 Å². The molecule has 7 nitrogen and oxygen atoms in total. The molecule has 1 amide bonds. The zero-order valence-electron chi connectivity index (χ0n) is 11.8. The van der Waals surface area contributed by atoms with Gasteiger partial charge in [0.25, 0.3) is 0 Å². The van der Waals surface area contributed by atoms with Crippen LogP contribution in [0.5, 0.6) is 0 Å². The number of nitrogen functional groups attached to an aromatic ring is 1. The van der Waals surface area contributed by atoms with E-state index in [2.05, 4.69) is 9.71 Å². The van der Waals surface area contributed by atoms with Crippen molar-refractivity contribution in [3.63, 3.8) is 0 Å². The van der Waals surface area contributed by atoms with Crippen LogP contribution in [0.1, 0.15) is 20.3 Å². The molecule has 0 unspecified atom stereocenters. The van der Waals surface area contributed by atoms with Crippen LogP contribution in [0.2, 0.25) is 0 Å². The number of primary amides is 1. The van der Waals surface area contributed by atoms with Gasteiger partial charge in [0.15, 0.2) is 0 Å². The van der Waals surface area contributed by atoms with E-state index in [1.165, 1.54) is 6.20 Å². The summed E-state index contributed by atoms with van der Waals surface area (Å²) in [6, 6.07) is 4.92. The Morgan fingerprint density at radius 1 is 1.38 bits per heavy atom. The summed E-state index contributed by atoms with van der Waals surface area (Å²) >= 11 is 0. The molecule has 1 aromatic carbocycles. The van der Waals surface area contributed by atoms with Crippen LogP contribution in [0.15, 0.2) is 29.3 Å². The lowest BCUT2D eigenvalue weighted by atomic mass is 10.0. The molecule has 0 bridgehead atoms. The second-order valence-corrected chi connectivity index (χ2v) is 7.24. The van der Waals surface area contributed by atoms with E-state index in [1.807, 2.05) is 0 Å². The predicted octanol–water partition coefficient (Wildman–Crippen LogP) is 0.682. The Morgan fingerprint density at radius 2 is 2.05 bits per heavy atom. The summed E-state index contributed by atoms with van der Waals surface area (Å²) in [6.07, 6.45) is 1.30. The first kappa shape index (κ1) is 15.3. The van der Waals surface area contributed by atoms with Crippen molar-refractivity contribution in [3.8, 4) is 0 Å². The number of H-pyrrole nitrogens is 1. The minimum atomic E-state index is -3.79. The molecule has 0 saturated carbocycles. The third-order valence-corrected chi connectivity index (χ3v) is 4.72. The lowest BCUT2D eigenvalue weighted by Gasteiger charge is -2.24. The van der Waals surface area contributed by atoms with Gasteiger partial charge in [-0.15, -0.1) is 0 Å². The molecule has 0 aliphatic rings. The van der Waals surface area contributed by atoms with Crippen LogP contribution in [0.3, 0.4) is 0 Å². The standard InChI is InChI=1S/C13H18N4O3S/c1-13(2,6-12(15)18)17-21(19,20)11-7-16-10-5-8(14)3-4-9(10)11/h3-5,7,16-17H,6,14H2,1-2H3,(H2,15,18). The van der Waals surface area contributed by atoms with Gasteiger partial charge in [-0.2, -0.15) is 0 Å². The average Bonchev–Trinajstić information content (AvgIpc) is 2.68. The van der Waals surface area contributed by atoms with Crippen LogP contribution in [0, 0.1) is 0 Å². The second-order valence-electron chi connectivity index (χ2n) is 5.59. The zero-order chi connectivity index (χ0) is 15.8. The third-order valence-electron chi connectivity index (χ3n) is 2.98. The summed E-state index contributed by atoms with van der Waals surface area (Å²) in [4.78, 5) is 14.0. The summed E-state index contributed by atoms with van der Waals surface area (Å²) < 4.78 is 27.4. The van der Waals surface area contributed by atoms with Gasteiger partial charge in [0.05, 0.1) is 0 Å². The van der Waals surface area contributed by atoms with Crippen LogP contribution in [0.4, 0.5) is 5.69 Å². The number of amides is 1. The zero-order valence-corrected chi connectivity index (χ0v) is 12.6. The van der Waals surface area contributed by atoms with Crippen LogP contribution in [-0.2, 0) is 14.8 Å². The molecule has 0 fully saturated rings. The number of carbonyl (C=O) groups excluding carboxylic acids is 1. The van der Waals surface area contributed by atoms with Gasteiger partial charge >= 0.3 is 0 Å². The van der Waals surface area contributed by atoms with E-state index in [0.717, 1.165) is 0 Å². The number of nitrogens with two attached hydrogens (primary N) is 2.